The van der Waals surface area contributed by atoms with Crippen LogP contribution < -0.4 is 19.1 Å². The fourth-order valence-corrected chi connectivity index (χ4v) is 4.10. The molecule has 0 spiro atoms. The van der Waals surface area contributed by atoms with Gasteiger partial charge in [-0.25, -0.2) is 8.42 Å². The van der Waals surface area contributed by atoms with Gasteiger partial charge in [0.25, 0.3) is 5.91 Å². The van der Waals surface area contributed by atoms with Gasteiger partial charge < -0.3 is 14.8 Å². The summed E-state index contributed by atoms with van der Waals surface area (Å²) in [6, 6.07) is 12.4. The van der Waals surface area contributed by atoms with Crippen molar-refractivity contribution in [3.05, 3.63) is 48.0 Å². The summed E-state index contributed by atoms with van der Waals surface area (Å²) in [6.07, 6.45) is 0.583. The lowest BCUT2D eigenvalue weighted by molar-refractivity contribution is -0.122. The standard InChI is InChI=1S/C21H26N2O5S/c1-14(2)27-17-7-5-6-16(13-17)22-21(24)20-10-11-23(29(4,25)26)18-12-15(3)8-9-19(18)28-20/h5-9,12-14,20H,10-11H2,1-4H3,(H,22,24). The third kappa shape index (κ3) is 5.20. The van der Waals surface area contributed by atoms with E-state index in [0.717, 1.165) is 11.8 Å². The zero-order valence-corrected chi connectivity index (χ0v) is 17.8. The minimum atomic E-state index is -3.50. The molecule has 1 unspecified atom stereocenters. The minimum Gasteiger partial charge on any atom is -0.491 e. The Hall–Kier alpha value is -2.74. The lowest BCUT2D eigenvalue weighted by Gasteiger charge is -2.21. The van der Waals surface area contributed by atoms with E-state index in [4.69, 9.17) is 9.47 Å². The minimum absolute atomic E-state index is 0.0214. The van der Waals surface area contributed by atoms with E-state index in [1.165, 1.54) is 4.31 Å². The van der Waals surface area contributed by atoms with Crippen molar-refractivity contribution in [1.29, 1.82) is 0 Å². The second kappa shape index (κ2) is 8.32. The average Bonchev–Trinajstić information content (AvgIpc) is 2.80. The molecule has 0 aliphatic carbocycles. The van der Waals surface area contributed by atoms with E-state index in [-0.39, 0.29) is 25.0 Å². The molecule has 1 atom stereocenters. The maximum Gasteiger partial charge on any atom is 0.265 e. The Kier molecular flexibility index (Phi) is 6.02. The van der Waals surface area contributed by atoms with Gasteiger partial charge in [-0.1, -0.05) is 12.1 Å². The molecule has 1 aliphatic heterocycles. The molecule has 0 saturated heterocycles. The summed E-state index contributed by atoms with van der Waals surface area (Å²) >= 11 is 0. The highest BCUT2D eigenvalue weighted by atomic mass is 32.2. The maximum atomic E-state index is 12.8. The molecule has 7 nitrogen and oxygen atoms in total. The van der Waals surface area contributed by atoms with E-state index >= 15 is 0 Å². The number of carbonyl (C=O) groups is 1. The van der Waals surface area contributed by atoms with Crippen molar-refractivity contribution in [2.75, 3.05) is 22.4 Å². The first-order chi connectivity index (χ1) is 13.6. The van der Waals surface area contributed by atoms with Gasteiger partial charge in [0, 0.05) is 24.7 Å². The number of hydrogen-bond donors (Lipinski definition) is 1. The Morgan fingerprint density at radius 3 is 2.69 bits per heavy atom. The maximum absolute atomic E-state index is 12.8. The normalized spacial score (nSPS) is 16.6. The molecule has 0 radical (unpaired) electrons. The van der Waals surface area contributed by atoms with Crippen LogP contribution in [0.1, 0.15) is 25.8 Å². The summed E-state index contributed by atoms with van der Waals surface area (Å²) in [4.78, 5) is 12.8. The fraction of sp³-hybridized carbons (Fsp3) is 0.381. The highest BCUT2D eigenvalue weighted by Gasteiger charge is 2.31. The van der Waals surface area contributed by atoms with E-state index in [9.17, 15) is 13.2 Å². The molecule has 29 heavy (non-hydrogen) atoms. The van der Waals surface area contributed by atoms with Crippen LogP contribution in [0.2, 0.25) is 0 Å². The third-order valence-corrected chi connectivity index (χ3v) is 5.59. The number of sulfonamides is 1. The summed E-state index contributed by atoms with van der Waals surface area (Å²) in [6.45, 7) is 5.89. The quantitative estimate of drug-likeness (QED) is 0.805. The van der Waals surface area contributed by atoms with Crippen LogP contribution in [-0.2, 0) is 14.8 Å². The number of carbonyl (C=O) groups excluding carboxylic acids is 1. The number of nitrogens with one attached hydrogen (secondary N) is 1. The number of amides is 1. The van der Waals surface area contributed by atoms with Gasteiger partial charge in [0.05, 0.1) is 18.0 Å². The van der Waals surface area contributed by atoms with Crippen LogP contribution in [0, 0.1) is 6.92 Å². The molecular formula is C21H26N2O5S. The molecule has 2 aromatic rings. The number of anilines is 2. The number of nitrogens with zero attached hydrogens (tertiary/aromatic N) is 1. The van der Waals surface area contributed by atoms with Crippen LogP contribution in [0.25, 0.3) is 0 Å². The number of rotatable bonds is 5. The first kappa shape index (κ1) is 21.0. The van der Waals surface area contributed by atoms with E-state index in [2.05, 4.69) is 5.32 Å². The molecule has 0 bridgehead atoms. The van der Waals surface area contributed by atoms with Crippen molar-refractivity contribution >= 4 is 27.3 Å². The molecule has 1 N–H and O–H groups in total. The fourth-order valence-electron chi connectivity index (χ4n) is 3.16. The van der Waals surface area contributed by atoms with Gasteiger partial charge in [-0.15, -0.1) is 0 Å². The van der Waals surface area contributed by atoms with Crippen molar-refractivity contribution in [3.63, 3.8) is 0 Å². The van der Waals surface area contributed by atoms with Gasteiger partial charge in [-0.05, 0) is 50.6 Å². The lowest BCUT2D eigenvalue weighted by atomic mass is 10.2. The number of aryl methyl sites for hydroxylation is 1. The van der Waals surface area contributed by atoms with Crippen molar-refractivity contribution in [2.45, 2.75) is 39.4 Å². The Morgan fingerprint density at radius 2 is 2.00 bits per heavy atom. The molecular weight excluding hydrogens is 392 g/mol. The van der Waals surface area contributed by atoms with Gasteiger partial charge in [0.15, 0.2) is 6.10 Å². The molecule has 3 rings (SSSR count). The van der Waals surface area contributed by atoms with Gasteiger partial charge >= 0.3 is 0 Å². The summed E-state index contributed by atoms with van der Waals surface area (Å²) in [5.41, 5.74) is 1.95. The third-order valence-electron chi connectivity index (χ3n) is 4.41. The molecule has 1 aliphatic rings. The summed E-state index contributed by atoms with van der Waals surface area (Å²) in [5, 5.41) is 2.84. The first-order valence-corrected chi connectivity index (χ1v) is 11.3. The molecule has 0 saturated carbocycles. The van der Waals surface area contributed by atoms with E-state index in [0.29, 0.717) is 22.9 Å². The monoisotopic (exact) mass is 418 g/mol. The van der Waals surface area contributed by atoms with Crippen LogP contribution in [-0.4, -0.2) is 39.3 Å². The van der Waals surface area contributed by atoms with Gasteiger partial charge in [-0.2, -0.15) is 0 Å². The molecule has 0 fully saturated rings. The zero-order valence-electron chi connectivity index (χ0n) is 17.0. The second-order valence-electron chi connectivity index (χ2n) is 7.39. The predicted octanol–water partition coefficient (Wildman–Crippen LogP) is 3.34. The van der Waals surface area contributed by atoms with Crippen LogP contribution in [0.5, 0.6) is 11.5 Å². The van der Waals surface area contributed by atoms with Gasteiger partial charge in [0.2, 0.25) is 10.0 Å². The molecule has 2 aromatic carbocycles. The summed E-state index contributed by atoms with van der Waals surface area (Å²) < 4.78 is 37.4. The van der Waals surface area contributed by atoms with E-state index in [1.807, 2.05) is 32.9 Å². The highest BCUT2D eigenvalue weighted by Crippen LogP contribution is 2.35. The van der Waals surface area contributed by atoms with Crippen molar-refractivity contribution in [2.24, 2.45) is 0 Å². The number of fused-ring (bicyclic) bond motifs is 1. The van der Waals surface area contributed by atoms with E-state index < -0.39 is 16.1 Å². The Bertz CT molecular complexity index is 1000. The smallest absolute Gasteiger partial charge is 0.265 e. The highest BCUT2D eigenvalue weighted by molar-refractivity contribution is 7.92. The SMILES string of the molecule is Cc1ccc2c(c1)N(S(C)(=O)=O)CCC(C(=O)Nc1cccc(OC(C)C)c1)O2. The van der Waals surface area contributed by atoms with Gasteiger partial charge in [0.1, 0.15) is 11.5 Å². The average molecular weight is 419 g/mol. The van der Waals surface area contributed by atoms with Crippen LogP contribution in [0.15, 0.2) is 42.5 Å². The first-order valence-electron chi connectivity index (χ1n) is 9.46. The number of benzene rings is 2. The predicted molar refractivity (Wildman–Crippen MR) is 113 cm³/mol. The van der Waals surface area contributed by atoms with Crippen LogP contribution in [0.3, 0.4) is 0 Å². The molecule has 156 valence electrons. The largest absolute Gasteiger partial charge is 0.491 e. The topological polar surface area (TPSA) is 84.9 Å². The zero-order chi connectivity index (χ0) is 21.2. The Labute approximate surface area is 171 Å². The van der Waals surface area contributed by atoms with Crippen LogP contribution >= 0.6 is 0 Å². The second-order valence-corrected chi connectivity index (χ2v) is 9.29. The summed E-state index contributed by atoms with van der Waals surface area (Å²) in [7, 11) is -3.50. The Morgan fingerprint density at radius 1 is 1.24 bits per heavy atom. The van der Waals surface area contributed by atoms with Crippen LogP contribution in [0.4, 0.5) is 11.4 Å². The van der Waals surface area contributed by atoms with E-state index in [1.54, 1.807) is 30.3 Å². The molecule has 8 heteroatoms. The number of ether oxygens (including phenoxy) is 2. The van der Waals surface area contributed by atoms with Crippen molar-refractivity contribution in [3.8, 4) is 11.5 Å². The number of hydrogen-bond acceptors (Lipinski definition) is 5. The molecule has 1 heterocycles. The summed E-state index contributed by atoms with van der Waals surface area (Å²) in [5.74, 6) is 0.688. The van der Waals surface area contributed by atoms with Gasteiger partial charge in [-0.3, -0.25) is 9.10 Å². The molecule has 1 amide bonds. The van der Waals surface area contributed by atoms with Crippen molar-refractivity contribution < 1.29 is 22.7 Å². The Balaban J connectivity index is 1.82. The van der Waals surface area contributed by atoms with Crippen molar-refractivity contribution in [1.82, 2.24) is 0 Å². The molecule has 0 aromatic heterocycles. The lowest BCUT2D eigenvalue weighted by Crippen LogP contribution is -2.36.